The average molecular weight is 242 g/mol. The molecule has 0 spiro atoms. The zero-order valence-electron chi connectivity index (χ0n) is 10.4. The molecule has 1 unspecified atom stereocenters. The first-order valence-corrected chi connectivity index (χ1v) is 5.79. The summed E-state index contributed by atoms with van der Waals surface area (Å²) in [6.45, 7) is 5.61. The van der Waals surface area contributed by atoms with Gasteiger partial charge >= 0.3 is 0 Å². The molecule has 5 heteroatoms. The molecule has 0 aromatic carbocycles. The minimum absolute atomic E-state index is 0.000463. The smallest absolute Gasteiger partial charge is 0.244 e. The van der Waals surface area contributed by atoms with E-state index in [-0.39, 0.29) is 22.8 Å². The molecule has 1 heterocycles. The van der Waals surface area contributed by atoms with Crippen LogP contribution in [0.3, 0.4) is 0 Å². The highest BCUT2D eigenvalue weighted by atomic mass is 32.1. The second-order valence-electron chi connectivity index (χ2n) is 4.52. The highest BCUT2D eigenvalue weighted by Crippen LogP contribution is 2.36. The molecule has 1 aliphatic heterocycles. The number of carbonyl (C=O) groups is 2. The van der Waals surface area contributed by atoms with Gasteiger partial charge in [-0.25, -0.2) is 0 Å². The number of nitrogens with zero attached hydrogens (tertiary/aromatic N) is 2. The second kappa shape index (κ2) is 4.13. The number of amides is 2. The predicted molar refractivity (Wildman–Crippen MR) is 65.7 cm³/mol. The van der Waals surface area contributed by atoms with Gasteiger partial charge in [-0.1, -0.05) is 20.3 Å². The third-order valence-corrected chi connectivity index (χ3v) is 4.22. The third-order valence-electron chi connectivity index (χ3n) is 3.67. The van der Waals surface area contributed by atoms with Gasteiger partial charge in [-0.15, -0.1) is 0 Å². The van der Waals surface area contributed by atoms with Crippen molar-refractivity contribution in [2.45, 2.75) is 27.2 Å². The molecule has 1 rings (SSSR count). The first-order valence-electron chi connectivity index (χ1n) is 5.38. The zero-order valence-corrected chi connectivity index (χ0v) is 11.2. The molecule has 0 radical (unpaired) electrons. The van der Waals surface area contributed by atoms with E-state index in [2.05, 4.69) is 0 Å². The minimum Gasteiger partial charge on any atom is -0.291 e. The Balaban J connectivity index is 3.23. The van der Waals surface area contributed by atoms with E-state index in [0.717, 1.165) is 6.42 Å². The van der Waals surface area contributed by atoms with Gasteiger partial charge < -0.3 is 0 Å². The van der Waals surface area contributed by atoms with Crippen LogP contribution in [0.5, 0.6) is 0 Å². The van der Waals surface area contributed by atoms with E-state index in [0.29, 0.717) is 0 Å². The third kappa shape index (κ3) is 1.54. The van der Waals surface area contributed by atoms with E-state index in [9.17, 15) is 9.59 Å². The summed E-state index contributed by atoms with van der Waals surface area (Å²) in [5.74, 6) is -0.398. The Bertz CT molecular complexity index is 330. The molecule has 4 nitrogen and oxygen atoms in total. The van der Waals surface area contributed by atoms with Crippen LogP contribution in [-0.2, 0) is 9.59 Å². The van der Waals surface area contributed by atoms with Gasteiger partial charge in [0.05, 0.1) is 0 Å². The van der Waals surface area contributed by atoms with Crippen LogP contribution < -0.4 is 0 Å². The summed E-state index contributed by atoms with van der Waals surface area (Å²) in [5, 5.41) is 0.274. The first-order chi connectivity index (χ1) is 7.28. The molecule has 0 N–H and O–H groups in total. The van der Waals surface area contributed by atoms with Crippen molar-refractivity contribution in [2.75, 3.05) is 14.1 Å². The molecule has 1 aliphatic rings. The van der Waals surface area contributed by atoms with E-state index in [1.54, 1.807) is 21.0 Å². The van der Waals surface area contributed by atoms with Crippen LogP contribution in [0.15, 0.2) is 0 Å². The maximum Gasteiger partial charge on any atom is 0.244 e. The average Bonchev–Trinajstić information content (AvgIpc) is 2.30. The Morgan fingerprint density at radius 1 is 1.25 bits per heavy atom. The number of thiocarbonyl (C=S) groups is 1. The van der Waals surface area contributed by atoms with Gasteiger partial charge in [0.2, 0.25) is 11.8 Å². The van der Waals surface area contributed by atoms with Crippen LogP contribution in [-0.4, -0.2) is 40.8 Å². The Kier molecular flexibility index (Phi) is 3.38. The summed E-state index contributed by atoms with van der Waals surface area (Å²) in [6.07, 6.45) is 0.780. The Morgan fingerprint density at radius 2 is 1.62 bits per heavy atom. The van der Waals surface area contributed by atoms with Crippen molar-refractivity contribution in [3.8, 4) is 0 Å². The monoisotopic (exact) mass is 242 g/mol. The predicted octanol–water partition coefficient (Wildman–Crippen LogP) is 1.25. The van der Waals surface area contributed by atoms with E-state index in [4.69, 9.17) is 12.2 Å². The maximum absolute atomic E-state index is 12.2. The highest BCUT2D eigenvalue weighted by molar-refractivity contribution is 7.80. The van der Waals surface area contributed by atoms with Gasteiger partial charge in [0, 0.05) is 14.1 Å². The molecule has 2 amide bonds. The molecular weight excluding hydrogens is 224 g/mol. The molecule has 1 saturated heterocycles. The van der Waals surface area contributed by atoms with Crippen LogP contribution >= 0.6 is 12.2 Å². The van der Waals surface area contributed by atoms with Gasteiger partial charge in [0.25, 0.3) is 0 Å². The molecule has 0 bridgehead atoms. The molecule has 1 fully saturated rings. The van der Waals surface area contributed by atoms with Gasteiger partial charge in [-0.05, 0) is 25.1 Å². The van der Waals surface area contributed by atoms with Crippen molar-refractivity contribution in [1.29, 1.82) is 0 Å². The van der Waals surface area contributed by atoms with Crippen molar-refractivity contribution in [3.63, 3.8) is 0 Å². The van der Waals surface area contributed by atoms with Gasteiger partial charge in [0.1, 0.15) is 5.41 Å². The largest absolute Gasteiger partial charge is 0.291 e. The van der Waals surface area contributed by atoms with Crippen LogP contribution in [0.2, 0.25) is 0 Å². The van der Waals surface area contributed by atoms with Crippen molar-refractivity contribution in [3.05, 3.63) is 0 Å². The summed E-state index contributed by atoms with van der Waals surface area (Å²) < 4.78 is 0. The lowest BCUT2D eigenvalue weighted by atomic mass is 9.73. The molecule has 0 saturated carbocycles. The lowest BCUT2D eigenvalue weighted by Gasteiger charge is -2.44. The molecule has 0 aromatic heterocycles. The van der Waals surface area contributed by atoms with Gasteiger partial charge in [-0.3, -0.25) is 19.4 Å². The zero-order chi connectivity index (χ0) is 12.7. The Labute approximate surface area is 102 Å². The maximum atomic E-state index is 12.2. The summed E-state index contributed by atoms with van der Waals surface area (Å²) in [5.41, 5.74) is -0.986. The fraction of sp³-hybridized carbons (Fsp3) is 0.727. The first kappa shape index (κ1) is 13.1. The van der Waals surface area contributed by atoms with Crippen molar-refractivity contribution >= 4 is 29.1 Å². The number of carbonyl (C=O) groups excluding carboxylic acids is 2. The lowest BCUT2D eigenvalue weighted by molar-refractivity contribution is -0.157. The summed E-state index contributed by atoms with van der Waals surface area (Å²) >= 11 is 5.04. The van der Waals surface area contributed by atoms with E-state index < -0.39 is 5.41 Å². The number of hydrogen-bond acceptors (Lipinski definition) is 3. The fourth-order valence-electron chi connectivity index (χ4n) is 2.02. The molecule has 0 aliphatic carbocycles. The van der Waals surface area contributed by atoms with E-state index in [1.165, 1.54) is 9.80 Å². The van der Waals surface area contributed by atoms with Crippen molar-refractivity contribution < 1.29 is 9.59 Å². The van der Waals surface area contributed by atoms with Gasteiger partial charge in [0.15, 0.2) is 5.11 Å². The van der Waals surface area contributed by atoms with Gasteiger partial charge in [-0.2, -0.15) is 0 Å². The van der Waals surface area contributed by atoms with Crippen molar-refractivity contribution in [1.82, 2.24) is 9.80 Å². The second-order valence-corrected chi connectivity index (χ2v) is 4.89. The molecule has 90 valence electrons. The summed E-state index contributed by atoms with van der Waals surface area (Å²) in [7, 11) is 3.24. The number of rotatable bonds is 2. The lowest BCUT2D eigenvalue weighted by Crippen LogP contribution is -2.63. The summed E-state index contributed by atoms with van der Waals surface area (Å²) in [4.78, 5) is 27.2. The molecule has 0 aromatic rings. The minimum atomic E-state index is -0.986. The van der Waals surface area contributed by atoms with E-state index in [1.807, 2.05) is 13.8 Å². The molecule has 16 heavy (non-hydrogen) atoms. The molecular formula is C11H18N2O2S. The SMILES string of the molecule is CCC(C)C1(C)C(=O)N(C)C(=S)N(C)C1=O. The van der Waals surface area contributed by atoms with Crippen LogP contribution in [0.1, 0.15) is 27.2 Å². The summed E-state index contributed by atoms with van der Waals surface area (Å²) in [6, 6.07) is 0. The number of hydrogen-bond donors (Lipinski definition) is 0. The van der Waals surface area contributed by atoms with Crippen LogP contribution in [0.4, 0.5) is 0 Å². The van der Waals surface area contributed by atoms with E-state index >= 15 is 0 Å². The molecule has 1 atom stereocenters. The van der Waals surface area contributed by atoms with Crippen molar-refractivity contribution in [2.24, 2.45) is 11.3 Å². The quantitative estimate of drug-likeness (QED) is 0.540. The topological polar surface area (TPSA) is 40.6 Å². The Hall–Kier alpha value is -0.970. The normalized spacial score (nSPS) is 22.7. The Morgan fingerprint density at radius 3 is 1.94 bits per heavy atom. The standard InChI is InChI=1S/C11H18N2O2S/c1-6-7(2)11(3)8(14)12(4)10(16)13(5)9(11)15/h7H,6H2,1-5H3. The van der Waals surface area contributed by atoms with Crippen LogP contribution in [0.25, 0.3) is 0 Å². The van der Waals surface area contributed by atoms with Crippen LogP contribution in [0, 0.1) is 11.3 Å². The fourth-order valence-corrected chi connectivity index (χ4v) is 2.18. The highest BCUT2D eigenvalue weighted by Gasteiger charge is 2.53.